The quantitative estimate of drug-likeness (QED) is 0.440. The van der Waals surface area contributed by atoms with Crippen molar-refractivity contribution < 1.29 is 19.1 Å². The summed E-state index contributed by atoms with van der Waals surface area (Å²) >= 11 is 0. The monoisotopic (exact) mass is 294 g/mol. The van der Waals surface area contributed by atoms with E-state index in [0.717, 1.165) is 0 Å². The van der Waals surface area contributed by atoms with E-state index in [1.807, 2.05) is 20.8 Å². The fourth-order valence-electron chi connectivity index (χ4n) is 3.32. The summed E-state index contributed by atoms with van der Waals surface area (Å²) in [5, 5.41) is 5.33. The number of rotatable bonds is 5. The Bertz CT molecular complexity index is 514. The molecule has 0 radical (unpaired) electrons. The summed E-state index contributed by atoms with van der Waals surface area (Å²) < 4.78 is 5.47. The predicted molar refractivity (Wildman–Crippen MR) is 76.2 cm³/mol. The van der Waals surface area contributed by atoms with Crippen molar-refractivity contribution in [2.75, 3.05) is 13.1 Å². The van der Waals surface area contributed by atoms with Gasteiger partial charge in [-0.25, -0.2) is 0 Å². The lowest BCUT2D eigenvalue weighted by Crippen LogP contribution is -2.54. The molecule has 0 unspecified atom stereocenters. The van der Waals surface area contributed by atoms with Crippen LogP contribution in [0.4, 0.5) is 0 Å². The highest BCUT2D eigenvalue weighted by molar-refractivity contribution is 5.96. The molecular formula is C15H22N2O4. The Hall–Kier alpha value is -1.85. The summed E-state index contributed by atoms with van der Waals surface area (Å²) in [7, 11) is 0. The number of nitrogens with one attached hydrogen (secondary N) is 2. The second kappa shape index (κ2) is 4.86. The Balaban J connectivity index is 2.01. The molecule has 2 amide bonds. The smallest absolute Gasteiger partial charge is 0.313 e. The van der Waals surface area contributed by atoms with Gasteiger partial charge >= 0.3 is 5.97 Å². The molecule has 1 heterocycles. The highest BCUT2D eigenvalue weighted by Crippen LogP contribution is 2.65. The fourth-order valence-corrected chi connectivity index (χ4v) is 3.32. The maximum Gasteiger partial charge on any atom is 0.313 e. The zero-order valence-electron chi connectivity index (χ0n) is 12.7. The molecule has 2 aliphatic rings. The van der Waals surface area contributed by atoms with Crippen molar-refractivity contribution in [1.29, 1.82) is 0 Å². The minimum Gasteiger partial charge on any atom is -0.448 e. The van der Waals surface area contributed by atoms with Crippen LogP contribution in [-0.2, 0) is 19.1 Å². The maximum absolute atomic E-state index is 12.5. The molecule has 2 rings (SSSR count). The van der Waals surface area contributed by atoms with Gasteiger partial charge in [-0.2, -0.15) is 0 Å². The molecule has 21 heavy (non-hydrogen) atoms. The maximum atomic E-state index is 12.5. The fraction of sp³-hybridized carbons (Fsp3) is 0.667. The summed E-state index contributed by atoms with van der Waals surface area (Å²) in [4.78, 5) is 35.6. The van der Waals surface area contributed by atoms with Gasteiger partial charge in [0.15, 0.2) is 5.60 Å². The third-order valence-corrected chi connectivity index (χ3v) is 5.35. The molecule has 2 bridgehead atoms. The molecule has 1 saturated heterocycles. The van der Waals surface area contributed by atoms with Crippen molar-refractivity contribution in [2.45, 2.75) is 39.2 Å². The van der Waals surface area contributed by atoms with Crippen molar-refractivity contribution in [3.63, 3.8) is 0 Å². The van der Waals surface area contributed by atoms with Gasteiger partial charge in [0.2, 0.25) is 5.91 Å². The van der Waals surface area contributed by atoms with Gasteiger partial charge in [0.25, 0.3) is 5.91 Å². The molecule has 0 aromatic carbocycles. The van der Waals surface area contributed by atoms with Gasteiger partial charge in [0.05, 0.1) is 5.41 Å². The Morgan fingerprint density at radius 1 is 1.24 bits per heavy atom. The van der Waals surface area contributed by atoms with Gasteiger partial charge in [-0.3, -0.25) is 14.4 Å². The van der Waals surface area contributed by atoms with E-state index in [9.17, 15) is 14.4 Å². The van der Waals surface area contributed by atoms with E-state index >= 15 is 0 Å². The van der Waals surface area contributed by atoms with E-state index in [0.29, 0.717) is 19.4 Å². The van der Waals surface area contributed by atoms with Crippen LogP contribution in [0.3, 0.4) is 0 Å². The van der Waals surface area contributed by atoms with Gasteiger partial charge in [-0.15, -0.1) is 0 Å². The SMILES string of the molecule is C=CC(=O)NCCNC(=O)[C@@]12CC[C@@](C)(C(=O)O1)C2(C)C. The zero-order valence-corrected chi connectivity index (χ0v) is 12.7. The van der Waals surface area contributed by atoms with Crippen LogP contribution in [0.25, 0.3) is 0 Å². The van der Waals surface area contributed by atoms with Crippen LogP contribution < -0.4 is 10.6 Å². The number of fused-ring (bicyclic) bond motifs is 2. The van der Waals surface area contributed by atoms with E-state index in [1.165, 1.54) is 6.08 Å². The molecule has 0 aromatic heterocycles. The second-order valence-electron chi connectivity index (χ2n) is 6.42. The molecule has 0 aromatic rings. The third kappa shape index (κ3) is 1.96. The van der Waals surface area contributed by atoms with Crippen molar-refractivity contribution in [3.8, 4) is 0 Å². The Morgan fingerprint density at radius 3 is 2.33 bits per heavy atom. The average molecular weight is 294 g/mol. The van der Waals surface area contributed by atoms with Gasteiger partial charge in [-0.1, -0.05) is 20.4 Å². The highest BCUT2D eigenvalue weighted by Gasteiger charge is 2.75. The van der Waals surface area contributed by atoms with E-state index in [-0.39, 0.29) is 24.3 Å². The van der Waals surface area contributed by atoms with E-state index in [4.69, 9.17) is 4.74 Å². The Kier molecular flexibility index (Phi) is 3.59. The highest BCUT2D eigenvalue weighted by atomic mass is 16.6. The van der Waals surface area contributed by atoms with Gasteiger partial charge in [-0.05, 0) is 25.8 Å². The third-order valence-electron chi connectivity index (χ3n) is 5.35. The van der Waals surface area contributed by atoms with Crippen LogP contribution in [0.15, 0.2) is 12.7 Å². The molecule has 6 heteroatoms. The number of carbonyl (C=O) groups excluding carboxylic acids is 3. The topological polar surface area (TPSA) is 84.5 Å². The molecule has 116 valence electrons. The minimum absolute atomic E-state index is 0.282. The number of amides is 2. The number of esters is 1. The molecule has 1 saturated carbocycles. The lowest BCUT2D eigenvalue weighted by atomic mass is 9.66. The van der Waals surface area contributed by atoms with Gasteiger partial charge in [0.1, 0.15) is 0 Å². The lowest BCUT2D eigenvalue weighted by Gasteiger charge is -2.35. The van der Waals surface area contributed by atoms with E-state index < -0.39 is 16.4 Å². The first-order valence-corrected chi connectivity index (χ1v) is 7.13. The summed E-state index contributed by atoms with van der Waals surface area (Å²) in [6.45, 7) is 9.61. The van der Waals surface area contributed by atoms with Gasteiger partial charge in [0, 0.05) is 18.5 Å². The summed E-state index contributed by atoms with van der Waals surface area (Å²) in [5.41, 5.74) is -2.26. The first-order chi connectivity index (χ1) is 9.71. The molecule has 2 N–H and O–H groups in total. The first kappa shape index (κ1) is 15.5. The first-order valence-electron chi connectivity index (χ1n) is 7.13. The molecule has 0 spiro atoms. The van der Waals surface area contributed by atoms with E-state index in [2.05, 4.69) is 17.2 Å². The van der Waals surface area contributed by atoms with Crippen molar-refractivity contribution in [1.82, 2.24) is 10.6 Å². The largest absolute Gasteiger partial charge is 0.448 e. The molecular weight excluding hydrogens is 272 g/mol. The summed E-state index contributed by atoms with van der Waals surface area (Å²) in [5.74, 6) is -0.868. The van der Waals surface area contributed by atoms with Crippen molar-refractivity contribution in [3.05, 3.63) is 12.7 Å². The van der Waals surface area contributed by atoms with Crippen molar-refractivity contribution >= 4 is 17.8 Å². The van der Waals surface area contributed by atoms with Crippen LogP contribution >= 0.6 is 0 Å². The van der Waals surface area contributed by atoms with Crippen LogP contribution in [0, 0.1) is 10.8 Å². The van der Waals surface area contributed by atoms with E-state index in [1.54, 1.807) is 0 Å². The van der Waals surface area contributed by atoms with Crippen LogP contribution in [0.1, 0.15) is 33.6 Å². The average Bonchev–Trinajstić information content (AvgIpc) is 2.73. The van der Waals surface area contributed by atoms with Crippen molar-refractivity contribution in [2.24, 2.45) is 10.8 Å². The lowest BCUT2D eigenvalue weighted by molar-refractivity contribution is -0.168. The molecule has 2 atom stereocenters. The molecule has 6 nitrogen and oxygen atoms in total. The predicted octanol–water partition coefficient (Wildman–Crippen LogP) is 0.527. The van der Waals surface area contributed by atoms with Crippen LogP contribution in [0.2, 0.25) is 0 Å². The number of hydrogen-bond acceptors (Lipinski definition) is 4. The molecule has 1 aliphatic carbocycles. The van der Waals surface area contributed by atoms with Crippen LogP contribution in [0.5, 0.6) is 0 Å². The number of carbonyl (C=O) groups is 3. The number of ether oxygens (including phenoxy) is 1. The molecule has 1 aliphatic heterocycles. The second-order valence-corrected chi connectivity index (χ2v) is 6.42. The Morgan fingerprint density at radius 2 is 1.86 bits per heavy atom. The van der Waals surface area contributed by atoms with Gasteiger partial charge < -0.3 is 15.4 Å². The normalized spacial score (nSPS) is 32.4. The Labute approximate surface area is 124 Å². The van der Waals surface area contributed by atoms with Crippen LogP contribution in [-0.4, -0.2) is 36.5 Å². The minimum atomic E-state index is -1.10. The standard InChI is InChI=1S/C15H22N2O4/c1-5-10(18)16-8-9-17-11(19)15-7-6-14(4,12(20)21-15)13(15,2)3/h5H,1,6-9H2,2-4H3,(H,16,18)(H,17,19)/t14-,15+/m0/s1. The zero-order chi connectivity index (χ0) is 15.9. The molecule has 2 fully saturated rings. The number of hydrogen-bond donors (Lipinski definition) is 2. The summed E-state index contributed by atoms with van der Waals surface area (Å²) in [6.07, 6.45) is 2.36. The summed E-state index contributed by atoms with van der Waals surface area (Å²) in [6, 6.07) is 0.